The Labute approximate surface area is 83.9 Å². The molecule has 1 fully saturated rings. The van der Waals surface area contributed by atoms with E-state index < -0.39 is 0 Å². The summed E-state index contributed by atoms with van der Waals surface area (Å²) in [5.41, 5.74) is 1.16. The molecule has 78 valence electrons. The van der Waals surface area contributed by atoms with Gasteiger partial charge in [0.1, 0.15) is 0 Å². The molecule has 0 aliphatic carbocycles. The van der Waals surface area contributed by atoms with E-state index in [4.69, 9.17) is 5.11 Å². The summed E-state index contributed by atoms with van der Waals surface area (Å²) in [6, 6.07) is 2.00. The molecule has 1 aliphatic rings. The maximum Gasteiger partial charge on any atom is 0.0492 e. The van der Waals surface area contributed by atoms with E-state index in [2.05, 4.69) is 15.1 Å². The molecule has 4 heteroatoms. The lowest BCUT2D eigenvalue weighted by molar-refractivity contribution is 0.115. The summed E-state index contributed by atoms with van der Waals surface area (Å²) < 4.78 is 0. The highest BCUT2D eigenvalue weighted by Crippen LogP contribution is 2.17. The third kappa shape index (κ3) is 2.33. The Morgan fingerprint density at radius 1 is 1.64 bits per heavy atom. The maximum absolute atomic E-state index is 9.09. The van der Waals surface area contributed by atoms with E-state index in [1.54, 1.807) is 6.20 Å². The number of rotatable bonds is 3. The van der Waals surface area contributed by atoms with Crippen molar-refractivity contribution in [2.24, 2.45) is 5.92 Å². The van der Waals surface area contributed by atoms with Crippen LogP contribution in [0.2, 0.25) is 0 Å². The van der Waals surface area contributed by atoms with Gasteiger partial charge >= 0.3 is 0 Å². The number of likely N-dealkylation sites (tertiary alicyclic amines) is 1. The van der Waals surface area contributed by atoms with Crippen molar-refractivity contribution < 1.29 is 5.11 Å². The lowest BCUT2D eigenvalue weighted by Crippen LogP contribution is -2.36. The molecule has 2 N–H and O–H groups in total. The SMILES string of the molecule is OCC1CCCN(Cc2ccn[nH]2)C1. The van der Waals surface area contributed by atoms with Gasteiger partial charge in [0.25, 0.3) is 0 Å². The van der Waals surface area contributed by atoms with Crippen LogP contribution in [0, 0.1) is 5.92 Å². The molecule has 2 heterocycles. The summed E-state index contributed by atoms with van der Waals surface area (Å²) in [5, 5.41) is 16.0. The number of aliphatic hydroxyl groups excluding tert-OH is 1. The minimum atomic E-state index is 0.319. The van der Waals surface area contributed by atoms with Gasteiger partial charge in [-0.25, -0.2) is 0 Å². The van der Waals surface area contributed by atoms with Crippen LogP contribution in [-0.2, 0) is 6.54 Å². The minimum absolute atomic E-state index is 0.319. The highest BCUT2D eigenvalue weighted by Gasteiger charge is 2.19. The standard InChI is InChI=1S/C10H17N3O/c14-8-9-2-1-5-13(6-9)7-10-3-4-11-12-10/h3-4,9,14H,1-2,5-8H2,(H,11,12). The van der Waals surface area contributed by atoms with E-state index in [0.717, 1.165) is 31.7 Å². The zero-order valence-corrected chi connectivity index (χ0v) is 8.32. The Morgan fingerprint density at radius 3 is 3.29 bits per heavy atom. The summed E-state index contributed by atoms with van der Waals surface area (Å²) in [7, 11) is 0. The first-order chi connectivity index (χ1) is 6.88. The number of aromatic amines is 1. The van der Waals surface area contributed by atoms with Crippen LogP contribution in [0.25, 0.3) is 0 Å². The highest BCUT2D eigenvalue weighted by molar-refractivity contribution is 4.97. The monoisotopic (exact) mass is 195 g/mol. The van der Waals surface area contributed by atoms with Crippen LogP contribution in [-0.4, -0.2) is 39.9 Å². The third-order valence-electron chi connectivity index (χ3n) is 2.81. The molecule has 0 radical (unpaired) electrons. The molecule has 1 saturated heterocycles. The lowest BCUT2D eigenvalue weighted by Gasteiger charge is -2.31. The Kier molecular flexibility index (Phi) is 3.16. The third-order valence-corrected chi connectivity index (χ3v) is 2.81. The van der Waals surface area contributed by atoms with Crippen LogP contribution >= 0.6 is 0 Å². The van der Waals surface area contributed by atoms with Crippen LogP contribution in [0.3, 0.4) is 0 Å². The average molecular weight is 195 g/mol. The summed E-state index contributed by atoms with van der Waals surface area (Å²) in [5.74, 6) is 0.465. The Morgan fingerprint density at radius 2 is 2.57 bits per heavy atom. The molecular weight excluding hydrogens is 178 g/mol. The molecule has 14 heavy (non-hydrogen) atoms. The number of hydrogen-bond donors (Lipinski definition) is 2. The topological polar surface area (TPSA) is 52.1 Å². The van der Waals surface area contributed by atoms with E-state index >= 15 is 0 Å². The fraction of sp³-hybridized carbons (Fsp3) is 0.700. The number of aromatic nitrogens is 2. The van der Waals surface area contributed by atoms with Crippen molar-refractivity contribution in [3.8, 4) is 0 Å². The summed E-state index contributed by atoms with van der Waals surface area (Å²) >= 11 is 0. The Balaban J connectivity index is 1.86. The second-order valence-electron chi connectivity index (χ2n) is 4.01. The molecule has 1 atom stereocenters. The molecule has 0 bridgehead atoms. The van der Waals surface area contributed by atoms with Crippen LogP contribution in [0.15, 0.2) is 12.3 Å². The number of piperidine rings is 1. The first-order valence-electron chi connectivity index (χ1n) is 5.20. The average Bonchev–Trinajstić information content (AvgIpc) is 2.71. The van der Waals surface area contributed by atoms with Crippen LogP contribution in [0.1, 0.15) is 18.5 Å². The zero-order valence-electron chi connectivity index (χ0n) is 8.32. The van der Waals surface area contributed by atoms with Crippen molar-refractivity contribution in [1.29, 1.82) is 0 Å². The van der Waals surface area contributed by atoms with E-state index in [-0.39, 0.29) is 0 Å². The van der Waals surface area contributed by atoms with E-state index in [1.165, 1.54) is 6.42 Å². The normalized spacial score (nSPS) is 23.9. The minimum Gasteiger partial charge on any atom is -0.396 e. The van der Waals surface area contributed by atoms with Crippen molar-refractivity contribution in [1.82, 2.24) is 15.1 Å². The second-order valence-corrected chi connectivity index (χ2v) is 4.01. The number of nitrogens with one attached hydrogen (secondary N) is 1. The summed E-state index contributed by atoms with van der Waals surface area (Å²) in [4.78, 5) is 2.37. The molecular formula is C10H17N3O. The van der Waals surface area contributed by atoms with Gasteiger partial charge in [0.15, 0.2) is 0 Å². The van der Waals surface area contributed by atoms with Crippen LogP contribution < -0.4 is 0 Å². The van der Waals surface area contributed by atoms with Gasteiger partial charge in [-0.3, -0.25) is 10.00 Å². The smallest absolute Gasteiger partial charge is 0.0492 e. The Bertz CT molecular complexity index is 260. The molecule has 4 nitrogen and oxygen atoms in total. The van der Waals surface area contributed by atoms with Gasteiger partial charge in [-0.15, -0.1) is 0 Å². The zero-order chi connectivity index (χ0) is 9.80. The van der Waals surface area contributed by atoms with Crippen LogP contribution in [0.4, 0.5) is 0 Å². The van der Waals surface area contributed by atoms with Crippen molar-refractivity contribution in [3.05, 3.63) is 18.0 Å². The maximum atomic E-state index is 9.09. The molecule has 0 aromatic carbocycles. The van der Waals surface area contributed by atoms with Gasteiger partial charge in [0.05, 0.1) is 0 Å². The lowest BCUT2D eigenvalue weighted by atomic mass is 9.99. The van der Waals surface area contributed by atoms with Gasteiger partial charge in [-0.05, 0) is 31.4 Å². The summed E-state index contributed by atoms with van der Waals surface area (Å²) in [6.07, 6.45) is 4.14. The number of aliphatic hydroxyl groups is 1. The molecule has 1 aromatic rings. The van der Waals surface area contributed by atoms with Crippen molar-refractivity contribution >= 4 is 0 Å². The summed E-state index contributed by atoms with van der Waals surface area (Å²) in [6.45, 7) is 3.39. The molecule has 0 spiro atoms. The first-order valence-corrected chi connectivity index (χ1v) is 5.20. The second kappa shape index (κ2) is 4.57. The predicted octanol–water partition coefficient (Wildman–Crippen LogP) is 0.614. The largest absolute Gasteiger partial charge is 0.396 e. The van der Waals surface area contributed by atoms with Gasteiger partial charge in [0.2, 0.25) is 0 Å². The molecule has 1 unspecified atom stereocenters. The van der Waals surface area contributed by atoms with E-state index in [0.29, 0.717) is 12.5 Å². The van der Waals surface area contributed by atoms with Crippen molar-refractivity contribution in [2.45, 2.75) is 19.4 Å². The number of H-pyrrole nitrogens is 1. The predicted molar refractivity (Wildman–Crippen MR) is 53.7 cm³/mol. The van der Waals surface area contributed by atoms with Gasteiger partial charge in [-0.2, -0.15) is 5.10 Å². The van der Waals surface area contributed by atoms with Gasteiger partial charge < -0.3 is 5.11 Å². The molecule has 0 amide bonds. The number of hydrogen-bond acceptors (Lipinski definition) is 3. The van der Waals surface area contributed by atoms with Crippen LogP contribution in [0.5, 0.6) is 0 Å². The molecule has 2 rings (SSSR count). The van der Waals surface area contributed by atoms with Gasteiger partial charge in [-0.1, -0.05) is 0 Å². The molecule has 1 aliphatic heterocycles. The molecule has 0 saturated carbocycles. The number of nitrogens with zero attached hydrogens (tertiary/aromatic N) is 2. The quantitative estimate of drug-likeness (QED) is 0.743. The van der Waals surface area contributed by atoms with E-state index in [1.807, 2.05) is 6.07 Å². The van der Waals surface area contributed by atoms with Crippen molar-refractivity contribution in [3.63, 3.8) is 0 Å². The van der Waals surface area contributed by atoms with E-state index in [9.17, 15) is 0 Å². The first kappa shape index (κ1) is 9.68. The fourth-order valence-corrected chi connectivity index (χ4v) is 2.06. The fourth-order valence-electron chi connectivity index (χ4n) is 2.06. The van der Waals surface area contributed by atoms with Gasteiger partial charge in [0, 0.05) is 31.6 Å². The van der Waals surface area contributed by atoms with Crippen molar-refractivity contribution in [2.75, 3.05) is 19.7 Å². The molecule has 1 aromatic heterocycles. The Hall–Kier alpha value is -0.870. The highest BCUT2D eigenvalue weighted by atomic mass is 16.3.